The summed E-state index contributed by atoms with van der Waals surface area (Å²) in [6.45, 7) is 3.50. The van der Waals surface area contributed by atoms with Crippen LogP contribution in [0, 0.1) is 5.92 Å². The van der Waals surface area contributed by atoms with Crippen molar-refractivity contribution in [3.05, 3.63) is 71.8 Å². The molecule has 4 rings (SSSR count). The summed E-state index contributed by atoms with van der Waals surface area (Å²) in [6.07, 6.45) is 5.30. The van der Waals surface area contributed by atoms with Gasteiger partial charge in [-0.1, -0.05) is 50.3 Å². The van der Waals surface area contributed by atoms with Gasteiger partial charge in [0.2, 0.25) is 5.91 Å². The molecular formula is C27H30N4O5S2. The highest BCUT2D eigenvalue weighted by Gasteiger charge is 2.33. The number of ketones is 1. The van der Waals surface area contributed by atoms with Gasteiger partial charge in [-0.2, -0.15) is 4.31 Å². The van der Waals surface area contributed by atoms with Crippen molar-refractivity contribution >= 4 is 49.0 Å². The van der Waals surface area contributed by atoms with Crippen molar-refractivity contribution < 1.29 is 22.8 Å². The van der Waals surface area contributed by atoms with Gasteiger partial charge in [0.15, 0.2) is 10.8 Å². The Labute approximate surface area is 226 Å². The Kier molecular flexibility index (Phi) is 8.70. The van der Waals surface area contributed by atoms with Crippen LogP contribution < -0.4 is 10.6 Å². The summed E-state index contributed by atoms with van der Waals surface area (Å²) in [5.41, 5.74) is 0. The number of nitrogens with one attached hydrogen (secondary N) is 2. The summed E-state index contributed by atoms with van der Waals surface area (Å²) in [7, 11) is -3.99. The minimum Gasteiger partial charge on any atom is -0.344 e. The van der Waals surface area contributed by atoms with E-state index in [9.17, 15) is 22.8 Å². The Morgan fingerprint density at radius 1 is 1.13 bits per heavy atom. The second-order valence-corrected chi connectivity index (χ2v) is 12.5. The fourth-order valence-electron chi connectivity index (χ4n) is 4.16. The number of carbonyl (C=O) groups is 3. The van der Waals surface area contributed by atoms with Gasteiger partial charge in [-0.05, 0) is 48.4 Å². The maximum absolute atomic E-state index is 13.3. The maximum Gasteiger partial charge on any atom is 0.262 e. The maximum atomic E-state index is 13.3. The first-order chi connectivity index (χ1) is 18.1. The molecule has 200 valence electrons. The van der Waals surface area contributed by atoms with E-state index in [1.54, 1.807) is 30.4 Å². The minimum atomic E-state index is -3.99. The van der Waals surface area contributed by atoms with Crippen molar-refractivity contribution in [1.29, 1.82) is 0 Å². The van der Waals surface area contributed by atoms with Gasteiger partial charge in [0.1, 0.15) is 6.04 Å². The molecule has 0 saturated heterocycles. The van der Waals surface area contributed by atoms with Crippen LogP contribution in [0.5, 0.6) is 0 Å². The van der Waals surface area contributed by atoms with Crippen LogP contribution in [0.4, 0.5) is 0 Å². The minimum absolute atomic E-state index is 0.0204. The molecule has 0 aliphatic carbocycles. The molecule has 3 aromatic rings. The second kappa shape index (κ2) is 12.0. The lowest BCUT2D eigenvalue weighted by Gasteiger charge is -2.27. The Balaban J connectivity index is 1.47. The quantitative estimate of drug-likeness (QED) is 0.412. The normalized spacial score (nSPS) is 18.5. The predicted molar refractivity (Wildman–Crippen MR) is 146 cm³/mol. The smallest absolute Gasteiger partial charge is 0.262 e. The van der Waals surface area contributed by atoms with E-state index in [0.29, 0.717) is 11.3 Å². The fraction of sp³-hybridized carbons (Fsp3) is 0.333. The van der Waals surface area contributed by atoms with E-state index in [1.807, 2.05) is 38.1 Å². The van der Waals surface area contributed by atoms with Crippen LogP contribution >= 0.6 is 11.3 Å². The fourth-order valence-corrected chi connectivity index (χ4v) is 6.41. The molecule has 0 fully saturated rings. The van der Waals surface area contributed by atoms with Gasteiger partial charge in [-0.25, -0.2) is 13.4 Å². The van der Waals surface area contributed by atoms with E-state index in [4.69, 9.17) is 0 Å². The molecule has 0 saturated carbocycles. The molecule has 2 N–H and O–H groups in total. The van der Waals surface area contributed by atoms with Gasteiger partial charge in [0.05, 0.1) is 17.5 Å². The van der Waals surface area contributed by atoms with Crippen LogP contribution in [0.1, 0.15) is 36.4 Å². The Hall–Kier alpha value is -3.41. The number of sulfonamides is 1. The molecule has 1 aliphatic rings. The molecule has 0 bridgehead atoms. The van der Waals surface area contributed by atoms with Crippen LogP contribution in [-0.2, 0) is 19.6 Å². The lowest BCUT2D eigenvalue weighted by atomic mass is 10.0. The van der Waals surface area contributed by atoms with E-state index in [2.05, 4.69) is 15.6 Å². The summed E-state index contributed by atoms with van der Waals surface area (Å²) in [5.74, 6) is -1.19. The van der Waals surface area contributed by atoms with E-state index in [-0.39, 0.29) is 29.8 Å². The first-order valence-corrected chi connectivity index (χ1v) is 14.6. The molecule has 1 unspecified atom stereocenters. The third-order valence-corrected chi connectivity index (χ3v) is 8.95. The molecule has 11 heteroatoms. The number of hydrogen-bond acceptors (Lipinski definition) is 7. The van der Waals surface area contributed by atoms with Crippen molar-refractivity contribution in [2.24, 2.45) is 5.92 Å². The standard InChI is InChI=1S/C27H30N4O5S2/c1-18(2)15-21(30-27(34)24-16-19-9-3-4-11-23(19)37-24)26(33)29-20-10-6-8-14-31(17-22(20)32)38(35,36)25-12-5-7-13-28-25/h3-9,11-13,16,18,20-21H,10,14-15,17H2,1-2H3,(H,29,33)(H,30,34)/b8-6-/t20?,21-/m0/s1. The molecule has 0 spiro atoms. The first-order valence-electron chi connectivity index (χ1n) is 12.3. The van der Waals surface area contributed by atoms with E-state index in [0.717, 1.165) is 14.4 Å². The van der Waals surface area contributed by atoms with E-state index >= 15 is 0 Å². The molecular weight excluding hydrogens is 524 g/mol. The highest BCUT2D eigenvalue weighted by Crippen LogP contribution is 2.25. The van der Waals surface area contributed by atoms with E-state index in [1.165, 1.54) is 23.6 Å². The van der Waals surface area contributed by atoms with Crippen molar-refractivity contribution in [3.8, 4) is 0 Å². The number of amides is 2. The molecule has 9 nitrogen and oxygen atoms in total. The number of aromatic nitrogens is 1. The third-order valence-electron chi connectivity index (χ3n) is 6.11. The molecule has 2 aromatic heterocycles. The molecule has 0 radical (unpaired) electrons. The van der Waals surface area contributed by atoms with Gasteiger partial charge in [-0.3, -0.25) is 14.4 Å². The molecule has 38 heavy (non-hydrogen) atoms. The number of nitrogens with zero attached hydrogens (tertiary/aromatic N) is 2. The first kappa shape index (κ1) is 27.6. The van der Waals surface area contributed by atoms with E-state index < -0.39 is 40.3 Å². The van der Waals surface area contributed by atoms with Crippen LogP contribution in [-0.4, -0.2) is 60.5 Å². The van der Waals surface area contributed by atoms with Gasteiger partial charge in [0.25, 0.3) is 15.9 Å². The largest absolute Gasteiger partial charge is 0.344 e. The zero-order valence-corrected chi connectivity index (χ0v) is 22.8. The Bertz CT molecular complexity index is 1420. The molecule has 2 amide bonds. The Morgan fingerprint density at radius 3 is 2.61 bits per heavy atom. The van der Waals surface area contributed by atoms with Gasteiger partial charge in [-0.15, -0.1) is 11.3 Å². The van der Waals surface area contributed by atoms with Crippen molar-refractivity contribution in [3.63, 3.8) is 0 Å². The second-order valence-electron chi connectivity index (χ2n) is 9.50. The molecule has 1 aromatic carbocycles. The summed E-state index contributed by atoms with van der Waals surface area (Å²) in [6, 6.07) is 12.2. The molecule has 3 heterocycles. The average Bonchev–Trinajstić information content (AvgIpc) is 3.32. The summed E-state index contributed by atoms with van der Waals surface area (Å²) < 4.78 is 28.1. The average molecular weight is 555 g/mol. The highest BCUT2D eigenvalue weighted by molar-refractivity contribution is 7.89. The summed E-state index contributed by atoms with van der Waals surface area (Å²) >= 11 is 1.35. The molecule has 1 aliphatic heterocycles. The Morgan fingerprint density at radius 2 is 1.89 bits per heavy atom. The summed E-state index contributed by atoms with van der Waals surface area (Å²) in [5, 5.41) is 6.38. The van der Waals surface area contributed by atoms with Crippen molar-refractivity contribution in [2.45, 2.75) is 43.8 Å². The number of fused-ring (bicyclic) bond motifs is 1. The van der Waals surface area contributed by atoms with Crippen molar-refractivity contribution in [1.82, 2.24) is 19.9 Å². The molecule has 2 atom stereocenters. The monoisotopic (exact) mass is 554 g/mol. The predicted octanol–water partition coefficient (Wildman–Crippen LogP) is 3.15. The van der Waals surface area contributed by atoms with Crippen LogP contribution in [0.15, 0.2) is 71.9 Å². The number of carbonyl (C=O) groups excluding carboxylic acids is 3. The third kappa shape index (κ3) is 6.53. The van der Waals surface area contributed by atoms with Crippen LogP contribution in [0.3, 0.4) is 0 Å². The van der Waals surface area contributed by atoms with Crippen molar-refractivity contribution in [2.75, 3.05) is 13.1 Å². The van der Waals surface area contributed by atoms with Gasteiger partial charge in [0, 0.05) is 17.4 Å². The van der Waals surface area contributed by atoms with Crippen LogP contribution in [0.25, 0.3) is 10.1 Å². The zero-order valence-electron chi connectivity index (χ0n) is 21.2. The zero-order chi connectivity index (χ0) is 27.3. The highest BCUT2D eigenvalue weighted by atomic mass is 32.2. The number of Topliss-reactive ketones (excluding diaryl/α,β-unsaturated/α-hetero) is 1. The number of pyridine rings is 1. The lowest BCUT2D eigenvalue weighted by molar-refractivity contribution is -0.129. The number of benzene rings is 1. The van der Waals surface area contributed by atoms with Gasteiger partial charge < -0.3 is 10.6 Å². The lowest BCUT2D eigenvalue weighted by Crippen LogP contribution is -2.53. The SMILES string of the molecule is CC(C)C[C@H](NC(=O)c1cc2ccccc2s1)C(=O)NC1C/C=C\CN(S(=O)(=O)c2ccccn2)CC1=O. The van der Waals surface area contributed by atoms with Crippen LogP contribution in [0.2, 0.25) is 0 Å². The number of hydrogen-bond donors (Lipinski definition) is 2. The summed E-state index contributed by atoms with van der Waals surface area (Å²) in [4.78, 5) is 43.8. The van der Waals surface area contributed by atoms with Gasteiger partial charge >= 0.3 is 0 Å². The number of rotatable bonds is 8. The number of thiophene rings is 1. The topological polar surface area (TPSA) is 126 Å².